The Hall–Kier alpha value is -3.08. The number of carbonyl (C=O) groups excluding carboxylic acids is 2. The number of rotatable bonds is 7. The lowest BCUT2D eigenvalue weighted by Crippen LogP contribution is -2.72. The maximum atomic E-state index is 12.6. The fourth-order valence-electron chi connectivity index (χ4n) is 3.21. The van der Waals surface area contributed by atoms with Crippen molar-refractivity contribution in [3.63, 3.8) is 0 Å². The number of benzene rings is 1. The van der Waals surface area contributed by atoms with Gasteiger partial charge in [-0.1, -0.05) is 30.0 Å². The van der Waals surface area contributed by atoms with Crippen molar-refractivity contribution in [1.29, 1.82) is 0 Å². The number of tetrazole rings is 1. The molecule has 2 unspecified atom stereocenters. The predicted octanol–water partition coefficient (Wildman–Crippen LogP) is 0.338. The Morgan fingerprint density at radius 3 is 2.90 bits per heavy atom. The zero-order valence-corrected chi connectivity index (χ0v) is 16.8. The molecule has 1 aromatic heterocycles. The first-order valence-electron chi connectivity index (χ1n) is 9.02. The highest BCUT2D eigenvalue weighted by Crippen LogP contribution is 2.34. The number of amides is 2. The number of fused-ring (bicyclic) bond motifs is 1. The molecule has 2 aliphatic rings. The van der Waals surface area contributed by atoms with Crippen LogP contribution in [-0.4, -0.2) is 68.0 Å². The summed E-state index contributed by atoms with van der Waals surface area (Å²) in [5, 5.41) is 14.7. The zero-order valence-electron chi connectivity index (χ0n) is 15.9. The molecule has 1 fully saturated rings. The van der Waals surface area contributed by atoms with Gasteiger partial charge in [0, 0.05) is 7.05 Å². The van der Waals surface area contributed by atoms with Crippen molar-refractivity contribution in [2.75, 3.05) is 19.0 Å². The molecule has 11 heteroatoms. The van der Waals surface area contributed by atoms with E-state index in [1.54, 1.807) is 28.8 Å². The van der Waals surface area contributed by atoms with Crippen LogP contribution in [0.15, 0.2) is 46.9 Å². The molecule has 29 heavy (non-hydrogen) atoms. The van der Waals surface area contributed by atoms with Crippen LogP contribution in [0.1, 0.15) is 6.92 Å². The first-order valence-corrected chi connectivity index (χ1v) is 10.0. The maximum Gasteiger partial charge on any atom is 0.258 e. The number of carbonyl (C=O) groups is 2. The molecular weight excluding hydrogens is 396 g/mol. The Bertz CT molecular complexity index is 947. The average Bonchev–Trinajstić information content (AvgIpc) is 3.14. The molecule has 0 saturated carbocycles. The van der Waals surface area contributed by atoms with E-state index in [4.69, 9.17) is 9.47 Å². The van der Waals surface area contributed by atoms with E-state index in [1.165, 1.54) is 11.8 Å². The van der Waals surface area contributed by atoms with E-state index in [0.717, 1.165) is 5.70 Å². The summed E-state index contributed by atoms with van der Waals surface area (Å²) in [6.45, 7) is 2.01. The SMILES string of the molecule is CC1=C(CSc2nnnn2C)OCC2C(NC(=O)COc3ccccc3)C(=O)N12. The van der Waals surface area contributed by atoms with Crippen molar-refractivity contribution in [2.45, 2.75) is 24.2 Å². The number of aryl methyl sites for hydroxylation is 1. The number of hydrogen-bond acceptors (Lipinski definition) is 8. The summed E-state index contributed by atoms with van der Waals surface area (Å²) in [7, 11) is 1.76. The van der Waals surface area contributed by atoms with E-state index >= 15 is 0 Å². The molecule has 1 aromatic carbocycles. The summed E-state index contributed by atoms with van der Waals surface area (Å²) in [6.07, 6.45) is 0. The topological polar surface area (TPSA) is 111 Å². The number of para-hydroxylation sites is 1. The van der Waals surface area contributed by atoms with Crippen LogP contribution < -0.4 is 10.1 Å². The normalized spacial score (nSPS) is 20.6. The highest BCUT2D eigenvalue weighted by molar-refractivity contribution is 7.99. The van der Waals surface area contributed by atoms with E-state index in [9.17, 15) is 9.59 Å². The molecule has 152 valence electrons. The first kappa shape index (κ1) is 19.2. The third kappa shape index (κ3) is 3.90. The van der Waals surface area contributed by atoms with Crippen LogP contribution in [-0.2, 0) is 21.4 Å². The molecule has 2 aromatic rings. The Kier molecular flexibility index (Phi) is 5.38. The highest BCUT2D eigenvalue weighted by atomic mass is 32.2. The number of nitrogens with one attached hydrogen (secondary N) is 1. The van der Waals surface area contributed by atoms with Gasteiger partial charge in [-0.2, -0.15) is 0 Å². The van der Waals surface area contributed by atoms with Gasteiger partial charge in [-0.25, -0.2) is 4.68 Å². The highest BCUT2D eigenvalue weighted by Gasteiger charge is 2.51. The number of β-lactam (4-membered cyclic amide) rings is 1. The number of nitrogens with zero attached hydrogens (tertiary/aromatic N) is 5. The van der Waals surface area contributed by atoms with Crippen LogP contribution >= 0.6 is 11.8 Å². The van der Waals surface area contributed by atoms with Crippen molar-refractivity contribution in [3.8, 4) is 5.75 Å². The lowest BCUT2D eigenvalue weighted by atomic mass is 9.93. The lowest BCUT2D eigenvalue weighted by Gasteiger charge is -2.50. The molecule has 2 aliphatic heterocycles. The standard InChI is InChI=1S/C18H20N6O4S/c1-11-14(10-29-18-20-21-22-23(18)2)28-8-13-16(17(26)24(11)13)19-15(25)9-27-12-6-4-3-5-7-12/h3-7,13,16H,8-10H2,1-2H3,(H,19,25). The van der Waals surface area contributed by atoms with Crippen LogP contribution in [0.3, 0.4) is 0 Å². The van der Waals surface area contributed by atoms with Gasteiger partial charge in [0.25, 0.3) is 11.8 Å². The fourth-order valence-corrected chi connectivity index (χ4v) is 4.08. The van der Waals surface area contributed by atoms with Crippen molar-refractivity contribution in [1.82, 2.24) is 30.4 Å². The minimum atomic E-state index is -0.603. The minimum Gasteiger partial charge on any atom is -0.493 e. The van der Waals surface area contributed by atoms with Crippen LogP contribution in [0.5, 0.6) is 5.75 Å². The van der Waals surface area contributed by atoms with Gasteiger partial charge in [0.15, 0.2) is 6.61 Å². The Morgan fingerprint density at radius 2 is 2.17 bits per heavy atom. The van der Waals surface area contributed by atoms with Gasteiger partial charge in [0.2, 0.25) is 5.16 Å². The van der Waals surface area contributed by atoms with Gasteiger partial charge in [-0.3, -0.25) is 9.59 Å². The van der Waals surface area contributed by atoms with Gasteiger partial charge < -0.3 is 19.7 Å². The summed E-state index contributed by atoms with van der Waals surface area (Å²) in [6, 6.07) is 8.23. The summed E-state index contributed by atoms with van der Waals surface area (Å²) >= 11 is 1.43. The summed E-state index contributed by atoms with van der Waals surface area (Å²) in [5.74, 6) is 1.33. The molecule has 0 spiro atoms. The second kappa shape index (κ2) is 8.11. The molecule has 1 N–H and O–H groups in total. The van der Waals surface area contributed by atoms with Crippen LogP contribution in [0.4, 0.5) is 0 Å². The minimum absolute atomic E-state index is 0.147. The largest absolute Gasteiger partial charge is 0.493 e. The summed E-state index contributed by atoms with van der Waals surface area (Å²) in [5.41, 5.74) is 0.750. The van der Waals surface area contributed by atoms with Gasteiger partial charge in [-0.05, 0) is 29.5 Å². The van der Waals surface area contributed by atoms with E-state index in [-0.39, 0.29) is 24.5 Å². The van der Waals surface area contributed by atoms with Gasteiger partial charge in [0.05, 0.1) is 11.4 Å². The quantitative estimate of drug-likeness (QED) is 0.508. The van der Waals surface area contributed by atoms with E-state index in [0.29, 0.717) is 29.0 Å². The second-order valence-corrected chi connectivity index (χ2v) is 7.56. The number of ether oxygens (including phenoxy) is 2. The predicted molar refractivity (Wildman–Crippen MR) is 103 cm³/mol. The molecule has 2 atom stereocenters. The van der Waals surface area contributed by atoms with Crippen LogP contribution in [0, 0.1) is 0 Å². The Labute approximate surface area is 171 Å². The molecule has 2 amide bonds. The Morgan fingerprint density at radius 1 is 1.38 bits per heavy atom. The van der Waals surface area contributed by atoms with Crippen molar-refractivity contribution < 1.29 is 19.1 Å². The maximum absolute atomic E-state index is 12.6. The van der Waals surface area contributed by atoms with Gasteiger partial charge in [0.1, 0.15) is 30.2 Å². The third-order valence-electron chi connectivity index (χ3n) is 4.76. The van der Waals surface area contributed by atoms with Gasteiger partial charge in [-0.15, -0.1) is 5.10 Å². The molecule has 1 saturated heterocycles. The number of allylic oxidation sites excluding steroid dienone is 1. The van der Waals surface area contributed by atoms with Crippen molar-refractivity contribution >= 4 is 23.6 Å². The molecule has 0 aliphatic carbocycles. The number of hydrogen-bond donors (Lipinski definition) is 1. The molecule has 4 rings (SSSR count). The fraction of sp³-hybridized carbons (Fsp3) is 0.389. The first-order chi connectivity index (χ1) is 14.0. The zero-order chi connectivity index (χ0) is 20.4. The van der Waals surface area contributed by atoms with E-state index in [1.807, 2.05) is 25.1 Å². The monoisotopic (exact) mass is 416 g/mol. The van der Waals surface area contributed by atoms with Crippen LogP contribution in [0.25, 0.3) is 0 Å². The second-order valence-electron chi connectivity index (χ2n) is 6.62. The summed E-state index contributed by atoms with van der Waals surface area (Å²) < 4.78 is 12.9. The van der Waals surface area contributed by atoms with Crippen molar-refractivity contribution in [3.05, 3.63) is 41.8 Å². The molecule has 3 heterocycles. The van der Waals surface area contributed by atoms with Gasteiger partial charge >= 0.3 is 0 Å². The molecule has 0 bridgehead atoms. The molecule has 10 nitrogen and oxygen atoms in total. The van der Waals surface area contributed by atoms with E-state index in [2.05, 4.69) is 20.8 Å². The Balaban J connectivity index is 1.31. The smallest absolute Gasteiger partial charge is 0.258 e. The van der Waals surface area contributed by atoms with E-state index < -0.39 is 6.04 Å². The summed E-state index contributed by atoms with van der Waals surface area (Å²) in [4.78, 5) is 26.4. The third-order valence-corrected chi connectivity index (χ3v) is 5.77. The van der Waals surface area contributed by atoms with Crippen LogP contribution in [0.2, 0.25) is 0 Å². The molecular formula is C18H20N6O4S. The van der Waals surface area contributed by atoms with Crippen molar-refractivity contribution in [2.24, 2.45) is 7.05 Å². The lowest BCUT2D eigenvalue weighted by molar-refractivity contribution is -0.155. The molecule has 0 radical (unpaired) electrons. The number of aromatic nitrogens is 4. The number of thioether (sulfide) groups is 1. The average molecular weight is 416 g/mol.